The Morgan fingerprint density at radius 3 is 1.41 bits per heavy atom. The molecule has 0 saturated carbocycles. The zero-order valence-electron chi connectivity index (χ0n) is 16.0. The maximum atomic E-state index is 10.5. The fraction of sp³-hybridized carbons (Fsp3) is 0.280. The highest BCUT2D eigenvalue weighted by atomic mass is 16.3. The molecule has 27 heavy (non-hydrogen) atoms. The zero-order chi connectivity index (χ0) is 18.9. The van der Waals surface area contributed by atoms with E-state index >= 15 is 0 Å². The minimum atomic E-state index is -0.685. The molecule has 2 atom stereocenters. The van der Waals surface area contributed by atoms with Crippen molar-refractivity contribution in [2.24, 2.45) is 0 Å². The van der Waals surface area contributed by atoms with E-state index in [-0.39, 0.29) is 11.5 Å². The molecule has 1 aliphatic heterocycles. The van der Waals surface area contributed by atoms with Gasteiger partial charge in [0.1, 0.15) is 0 Å². The van der Waals surface area contributed by atoms with E-state index in [9.17, 15) is 5.11 Å². The van der Waals surface area contributed by atoms with Crippen LogP contribution in [-0.2, 0) is 5.41 Å². The second-order valence-corrected chi connectivity index (χ2v) is 8.10. The van der Waals surface area contributed by atoms with Crippen molar-refractivity contribution in [1.82, 2.24) is 4.90 Å². The number of hydrogen-bond donors (Lipinski definition) is 1. The molecule has 1 N–H and O–H groups in total. The van der Waals surface area contributed by atoms with Crippen LogP contribution in [0.4, 0.5) is 0 Å². The third-order valence-electron chi connectivity index (χ3n) is 5.77. The largest absolute Gasteiger partial charge is 0.389 e. The molecule has 138 valence electrons. The van der Waals surface area contributed by atoms with Gasteiger partial charge in [-0.15, -0.1) is 0 Å². The normalized spacial score (nSPS) is 19.7. The van der Waals surface area contributed by atoms with Crippen molar-refractivity contribution in [3.05, 3.63) is 108 Å². The molecule has 1 heterocycles. The molecule has 0 aliphatic carbocycles. The van der Waals surface area contributed by atoms with Crippen LogP contribution in [0.1, 0.15) is 30.5 Å². The number of benzene rings is 3. The Morgan fingerprint density at radius 1 is 0.741 bits per heavy atom. The predicted octanol–water partition coefficient (Wildman–Crippen LogP) is 4.48. The molecular formula is C25H27NO. The van der Waals surface area contributed by atoms with Crippen LogP contribution in [-0.4, -0.2) is 34.7 Å². The highest BCUT2D eigenvalue weighted by Crippen LogP contribution is 2.43. The fourth-order valence-electron chi connectivity index (χ4n) is 4.27. The smallest absolute Gasteiger partial charge is 0.0758 e. The quantitative estimate of drug-likeness (QED) is 0.519. The van der Waals surface area contributed by atoms with Gasteiger partial charge in [-0.1, -0.05) is 91.0 Å². The van der Waals surface area contributed by atoms with Crippen LogP contribution in [0.25, 0.3) is 0 Å². The van der Waals surface area contributed by atoms with Gasteiger partial charge in [-0.3, -0.25) is 4.90 Å². The van der Waals surface area contributed by atoms with Crippen molar-refractivity contribution in [2.45, 2.75) is 30.9 Å². The Bertz CT molecular complexity index is 772. The van der Waals surface area contributed by atoms with E-state index in [1.807, 2.05) is 13.8 Å². The van der Waals surface area contributed by atoms with Gasteiger partial charge in [0.25, 0.3) is 0 Å². The Morgan fingerprint density at radius 2 is 1.11 bits per heavy atom. The first kappa shape index (κ1) is 18.0. The lowest BCUT2D eigenvalue weighted by Gasteiger charge is -2.37. The van der Waals surface area contributed by atoms with Gasteiger partial charge in [-0.2, -0.15) is 0 Å². The molecule has 0 amide bonds. The van der Waals surface area contributed by atoms with Crippen LogP contribution in [0.5, 0.6) is 0 Å². The van der Waals surface area contributed by atoms with Crippen LogP contribution in [0.3, 0.4) is 0 Å². The molecule has 1 aliphatic rings. The molecule has 3 aromatic rings. The second-order valence-electron chi connectivity index (χ2n) is 8.10. The third kappa shape index (κ3) is 3.43. The maximum Gasteiger partial charge on any atom is 0.0758 e. The summed E-state index contributed by atoms with van der Waals surface area (Å²) in [6, 6.07) is 32.5. The van der Waals surface area contributed by atoms with Crippen LogP contribution in [0.2, 0.25) is 0 Å². The molecule has 0 spiro atoms. The van der Waals surface area contributed by atoms with E-state index < -0.39 is 5.60 Å². The van der Waals surface area contributed by atoms with Crippen molar-refractivity contribution in [1.29, 1.82) is 0 Å². The van der Waals surface area contributed by atoms with Gasteiger partial charge < -0.3 is 5.11 Å². The van der Waals surface area contributed by atoms with Crippen molar-refractivity contribution in [2.75, 3.05) is 13.1 Å². The standard InChI is InChI=1S/C25H27NO/c1-24(2,27)23-18-26(23)19-25(20-12-6-3-7-13-20,21-14-8-4-9-15-21)22-16-10-5-11-17-22/h3-17,23,27H,18-19H2,1-2H3. The molecule has 4 rings (SSSR count). The van der Waals surface area contributed by atoms with Gasteiger partial charge in [0, 0.05) is 13.1 Å². The Kier molecular flexibility index (Phi) is 4.63. The predicted molar refractivity (Wildman–Crippen MR) is 111 cm³/mol. The molecule has 1 saturated heterocycles. The molecule has 2 unspecified atom stereocenters. The summed E-state index contributed by atoms with van der Waals surface area (Å²) >= 11 is 0. The van der Waals surface area contributed by atoms with Gasteiger partial charge in [-0.05, 0) is 30.5 Å². The lowest BCUT2D eigenvalue weighted by Crippen LogP contribution is -2.39. The second kappa shape index (κ2) is 6.95. The van der Waals surface area contributed by atoms with Crippen LogP contribution < -0.4 is 0 Å². The van der Waals surface area contributed by atoms with Gasteiger partial charge in [-0.25, -0.2) is 0 Å². The Balaban J connectivity index is 1.88. The number of nitrogens with zero attached hydrogens (tertiary/aromatic N) is 1. The van der Waals surface area contributed by atoms with E-state index in [4.69, 9.17) is 0 Å². The first-order valence-corrected chi connectivity index (χ1v) is 9.65. The monoisotopic (exact) mass is 357 g/mol. The summed E-state index contributed by atoms with van der Waals surface area (Å²) in [4.78, 5) is 2.40. The average Bonchev–Trinajstić information content (AvgIpc) is 3.48. The van der Waals surface area contributed by atoms with Gasteiger partial charge >= 0.3 is 0 Å². The Hall–Kier alpha value is -2.42. The summed E-state index contributed by atoms with van der Waals surface area (Å²) in [5.74, 6) is 0. The van der Waals surface area contributed by atoms with Crippen molar-refractivity contribution < 1.29 is 5.11 Å². The molecule has 3 aromatic carbocycles. The lowest BCUT2D eigenvalue weighted by atomic mass is 9.69. The first-order chi connectivity index (χ1) is 13.0. The van der Waals surface area contributed by atoms with Crippen LogP contribution in [0.15, 0.2) is 91.0 Å². The van der Waals surface area contributed by atoms with Crippen molar-refractivity contribution >= 4 is 0 Å². The SMILES string of the molecule is CC(C)(O)C1CN1CC(c1ccccc1)(c1ccccc1)c1ccccc1. The summed E-state index contributed by atoms with van der Waals surface area (Å²) in [6.07, 6.45) is 0. The topological polar surface area (TPSA) is 23.2 Å². The minimum Gasteiger partial charge on any atom is -0.389 e. The third-order valence-corrected chi connectivity index (χ3v) is 5.77. The zero-order valence-corrected chi connectivity index (χ0v) is 16.0. The molecule has 0 aromatic heterocycles. The molecule has 2 nitrogen and oxygen atoms in total. The summed E-state index contributed by atoms with van der Waals surface area (Å²) < 4.78 is 0. The van der Waals surface area contributed by atoms with Gasteiger partial charge in [0.05, 0.1) is 17.1 Å². The van der Waals surface area contributed by atoms with E-state index in [1.165, 1.54) is 16.7 Å². The van der Waals surface area contributed by atoms with E-state index in [1.54, 1.807) is 0 Å². The van der Waals surface area contributed by atoms with Crippen LogP contribution >= 0.6 is 0 Å². The highest BCUT2D eigenvalue weighted by Gasteiger charge is 2.49. The molecule has 2 heteroatoms. The van der Waals surface area contributed by atoms with E-state index in [2.05, 4.69) is 95.9 Å². The summed E-state index contributed by atoms with van der Waals surface area (Å²) in [7, 11) is 0. The number of rotatable bonds is 6. The molecular weight excluding hydrogens is 330 g/mol. The van der Waals surface area contributed by atoms with Crippen molar-refractivity contribution in [3.63, 3.8) is 0 Å². The molecule has 0 bridgehead atoms. The number of aliphatic hydroxyl groups is 1. The molecule has 0 radical (unpaired) electrons. The van der Waals surface area contributed by atoms with E-state index in [0.717, 1.165) is 13.1 Å². The van der Waals surface area contributed by atoms with Gasteiger partial charge in [0.15, 0.2) is 0 Å². The minimum absolute atomic E-state index is 0.202. The first-order valence-electron chi connectivity index (χ1n) is 9.65. The van der Waals surface area contributed by atoms with Crippen molar-refractivity contribution in [3.8, 4) is 0 Å². The summed E-state index contributed by atoms with van der Waals surface area (Å²) in [5.41, 5.74) is 2.89. The highest BCUT2D eigenvalue weighted by molar-refractivity contribution is 5.51. The average molecular weight is 357 g/mol. The molecule has 1 fully saturated rings. The van der Waals surface area contributed by atoms with E-state index in [0.29, 0.717) is 0 Å². The van der Waals surface area contributed by atoms with Gasteiger partial charge in [0.2, 0.25) is 0 Å². The maximum absolute atomic E-state index is 10.5. The fourth-order valence-corrected chi connectivity index (χ4v) is 4.27. The summed E-state index contributed by atoms with van der Waals surface area (Å²) in [5, 5.41) is 10.5. The Labute approximate surface area is 162 Å². The lowest BCUT2D eigenvalue weighted by molar-refractivity contribution is 0.0634. The number of hydrogen-bond acceptors (Lipinski definition) is 2. The van der Waals surface area contributed by atoms with Crippen LogP contribution in [0, 0.1) is 0 Å². The summed E-state index contributed by atoms with van der Waals surface area (Å²) in [6.45, 7) is 5.59.